The van der Waals surface area contributed by atoms with Gasteiger partial charge in [-0.15, -0.1) is 0 Å². The van der Waals surface area contributed by atoms with Crippen molar-refractivity contribution in [2.45, 2.75) is 58.0 Å². The molecule has 39 heavy (non-hydrogen) atoms. The summed E-state index contributed by atoms with van der Waals surface area (Å²) in [5.41, 5.74) is 8.86. The van der Waals surface area contributed by atoms with E-state index in [1.54, 1.807) is 24.8 Å². The van der Waals surface area contributed by atoms with Crippen molar-refractivity contribution in [2.75, 3.05) is 13.2 Å². The molecule has 0 spiro atoms. The van der Waals surface area contributed by atoms with Crippen LogP contribution in [0.3, 0.4) is 0 Å². The molecule has 1 unspecified atom stereocenters. The summed E-state index contributed by atoms with van der Waals surface area (Å²) in [7, 11) is 0. The van der Waals surface area contributed by atoms with E-state index in [2.05, 4.69) is 10.6 Å². The van der Waals surface area contributed by atoms with Gasteiger partial charge < -0.3 is 21.3 Å². The van der Waals surface area contributed by atoms with Crippen molar-refractivity contribution in [1.29, 1.82) is 0 Å². The fourth-order valence-corrected chi connectivity index (χ4v) is 4.42. The second kappa shape index (κ2) is 14.3. The molecule has 3 amide bonds. The molecule has 4 N–H and O–H groups in total. The number of nitrogens with zero attached hydrogens (tertiary/aromatic N) is 1. The first kappa shape index (κ1) is 29.6. The third-order valence-electron chi connectivity index (χ3n) is 6.42. The van der Waals surface area contributed by atoms with E-state index in [1.165, 1.54) is 5.56 Å². The van der Waals surface area contributed by atoms with Crippen molar-refractivity contribution < 1.29 is 14.4 Å². The third kappa shape index (κ3) is 9.37. The average molecular weight is 529 g/mol. The van der Waals surface area contributed by atoms with Crippen molar-refractivity contribution in [2.24, 2.45) is 5.73 Å². The summed E-state index contributed by atoms with van der Waals surface area (Å²) in [6, 6.07) is 26.5. The highest BCUT2D eigenvalue weighted by atomic mass is 16.2. The molecule has 7 heteroatoms. The highest BCUT2D eigenvalue weighted by molar-refractivity contribution is 6.01. The summed E-state index contributed by atoms with van der Waals surface area (Å²) in [4.78, 5) is 41.0. The van der Waals surface area contributed by atoms with E-state index in [9.17, 15) is 14.4 Å². The monoisotopic (exact) mass is 528 g/mol. The fraction of sp³-hybridized carbons (Fsp3) is 0.344. The SMILES string of the molecule is CCN(CNC(=O)C(CCCc1ccccc1)NC(=O)CC(C)(C)N)C(=O)c1ccccc1-c1ccccc1. The minimum atomic E-state index is -0.728. The van der Waals surface area contributed by atoms with Crippen LogP contribution in [0.4, 0.5) is 0 Å². The van der Waals surface area contributed by atoms with Crippen LogP contribution >= 0.6 is 0 Å². The number of rotatable bonds is 13. The third-order valence-corrected chi connectivity index (χ3v) is 6.42. The van der Waals surface area contributed by atoms with Crippen LogP contribution in [-0.4, -0.2) is 47.4 Å². The van der Waals surface area contributed by atoms with Gasteiger partial charge in [0.2, 0.25) is 11.8 Å². The van der Waals surface area contributed by atoms with Crippen LogP contribution in [0.25, 0.3) is 11.1 Å². The molecule has 0 saturated heterocycles. The molecule has 7 nitrogen and oxygen atoms in total. The summed E-state index contributed by atoms with van der Waals surface area (Å²) < 4.78 is 0. The van der Waals surface area contributed by atoms with Gasteiger partial charge >= 0.3 is 0 Å². The number of hydrogen-bond donors (Lipinski definition) is 3. The molecule has 3 aromatic rings. The Kier molecular flexibility index (Phi) is 10.8. The fourth-order valence-electron chi connectivity index (χ4n) is 4.42. The number of carbonyl (C=O) groups excluding carboxylic acids is 3. The topological polar surface area (TPSA) is 105 Å². The molecule has 0 fully saturated rings. The number of amides is 3. The summed E-state index contributed by atoms with van der Waals surface area (Å²) >= 11 is 0. The van der Waals surface area contributed by atoms with Crippen LogP contribution in [0.2, 0.25) is 0 Å². The Hall–Kier alpha value is -3.97. The molecule has 0 aliphatic carbocycles. The van der Waals surface area contributed by atoms with Gasteiger partial charge in [0.15, 0.2) is 0 Å². The standard InChI is InChI=1S/C32H40N4O3/c1-4-36(31(39)27-20-12-11-19-26(27)25-17-9-6-10-18-25)23-34-30(38)28(35-29(37)22-32(2,3)33)21-13-16-24-14-7-5-8-15-24/h5-12,14-15,17-20,28H,4,13,16,21-23,33H2,1-3H3,(H,34,38)(H,35,37). The van der Waals surface area contributed by atoms with E-state index >= 15 is 0 Å². The molecular weight excluding hydrogens is 488 g/mol. The van der Waals surface area contributed by atoms with Crippen LogP contribution in [0, 0.1) is 0 Å². The van der Waals surface area contributed by atoms with Gasteiger partial charge in [-0.1, -0.05) is 78.9 Å². The quantitative estimate of drug-likeness (QED) is 0.284. The molecule has 3 rings (SSSR count). The molecule has 0 aliphatic heterocycles. The van der Waals surface area contributed by atoms with E-state index in [4.69, 9.17) is 5.73 Å². The van der Waals surface area contributed by atoms with Gasteiger partial charge in [-0.25, -0.2) is 0 Å². The molecular formula is C32H40N4O3. The van der Waals surface area contributed by atoms with Gasteiger partial charge in [0.25, 0.3) is 5.91 Å². The molecule has 0 aliphatic rings. The number of nitrogens with one attached hydrogen (secondary N) is 2. The maximum atomic E-state index is 13.5. The van der Waals surface area contributed by atoms with Gasteiger partial charge in [-0.05, 0) is 62.8 Å². The van der Waals surface area contributed by atoms with Gasteiger partial charge in [0.1, 0.15) is 6.04 Å². The van der Waals surface area contributed by atoms with Crippen LogP contribution in [-0.2, 0) is 16.0 Å². The van der Waals surface area contributed by atoms with Crippen LogP contribution in [0.5, 0.6) is 0 Å². The molecule has 0 heterocycles. The first-order chi connectivity index (χ1) is 18.7. The maximum absolute atomic E-state index is 13.5. The molecule has 0 radical (unpaired) electrons. The molecule has 0 saturated carbocycles. The lowest BCUT2D eigenvalue weighted by Crippen LogP contribution is -2.51. The van der Waals surface area contributed by atoms with Gasteiger partial charge in [0, 0.05) is 24.1 Å². The molecule has 206 valence electrons. The van der Waals surface area contributed by atoms with E-state index in [0.717, 1.165) is 24.0 Å². The number of hydrogen-bond acceptors (Lipinski definition) is 4. The van der Waals surface area contributed by atoms with Crippen molar-refractivity contribution >= 4 is 17.7 Å². The van der Waals surface area contributed by atoms with E-state index in [-0.39, 0.29) is 30.8 Å². The normalized spacial score (nSPS) is 11.9. The Bertz CT molecular complexity index is 1220. The van der Waals surface area contributed by atoms with Crippen molar-refractivity contribution in [1.82, 2.24) is 15.5 Å². The Balaban J connectivity index is 1.68. The predicted octanol–water partition coefficient (Wildman–Crippen LogP) is 4.52. The summed E-state index contributed by atoms with van der Waals surface area (Å²) in [5, 5.41) is 5.74. The lowest BCUT2D eigenvalue weighted by atomic mass is 9.99. The van der Waals surface area contributed by atoms with Crippen molar-refractivity contribution in [3.05, 3.63) is 96.1 Å². The van der Waals surface area contributed by atoms with E-state index in [1.807, 2.05) is 85.8 Å². The predicted molar refractivity (Wildman–Crippen MR) is 156 cm³/mol. The van der Waals surface area contributed by atoms with Gasteiger partial charge in [0.05, 0.1) is 6.67 Å². The van der Waals surface area contributed by atoms with Crippen LogP contribution < -0.4 is 16.4 Å². The summed E-state index contributed by atoms with van der Waals surface area (Å²) in [6.45, 7) is 5.86. The minimum Gasteiger partial charge on any atom is -0.344 e. The summed E-state index contributed by atoms with van der Waals surface area (Å²) in [5.74, 6) is -0.775. The first-order valence-electron chi connectivity index (χ1n) is 13.5. The van der Waals surface area contributed by atoms with Crippen LogP contribution in [0.15, 0.2) is 84.9 Å². The Morgan fingerprint density at radius 1 is 0.897 bits per heavy atom. The number of benzene rings is 3. The minimum absolute atomic E-state index is 0.0325. The second-order valence-corrected chi connectivity index (χ2v) is 10.4. The molecule has 0 aromatic heterocycles. The highest BCUT2D eigenvalue weighted by Gasteiger charge is 2.25. The number of aryl methyl sites for hydroxylation is 1. The molecule has 1 atom stereocenters. The zero-order valence-corrected chi connectivity index (χ0v) is 23.2. The lowest BCUT2D eigenvalue weighted by Gasteiger charge is -2.26. The Labute approximate surface area is 231 Å². The average Bonchev–Trinajstić information content (AvgIpc) is 2.92. The van der Waals surface area contributed by atoms with Gasteiger partial charge in [-0.3, -0.25) is 14.4 Å². The zero-order valence-electron chi connectivity index (χ0n) is 23.2. The largest absolute Gasteiger partial charge is 0.344 e. The van der Waals surface area contributed by atoms with Crippen molar-refractivity contribution in [3.8, 4) is 11.1 Å². The van der Waals surface area contributed by atoms with Crippen molar-refractivity contribution in [3.63, 3.8) is 0 Å². The Morgan fingerprint density at radius 2 is 1.51 bits per heavy atom. The van der Waals surface area contributed by atoms with E-state index < -0.39 is 11.6 Å². The molecule has 0 bridgehead atoms. The first-order valence-corrected chi connectivity index (χ1v) is 13.5. The number of nitrogens with two attached hydrogens (primary N) is 1. The Morgan fingerprint density at radius 3 is 2.15 bits per heavy atom. The summed E-state index contributed by atoms with van der Waals surface area (Å²) in [6.07, 6.45) is 2.08. The van der Waals surface area contributed by atoms with E-state index in [0.29, 0.717) is 18.5 Å². The lowest BCUT2D eigenvalue weighted by molar-refractivity contribution is -0.130. The second-order valence-electron chi connectivity index (χ2n) is 10.4. The number of carbonyl (C=O) groups is 3. The smallest absolute Gasteiger partial charge is 0.255 e. The zero-order chi connectivity index (χ0) is 28.3. The molecule has 3 aromatic carbocycles. The highest BCUT2D eigenvalue weighted by Crippen LogP contribution is 2.24. The van der Waals surface area contributed by atoms with Crippen LogP contribution in [0.1, 0.15) is 56.0 Å². The van der Waals surface area contributed by atoms with Gasteiger partial charge in [-0.2, -0.15) is 0 Å². The maximum Gasteiger partial charge on any atom is 0.255 e.